The van der Waals surface area contributed by atoms with Crippen LogP contribution in [0.4, 0.5) is 0 Å². The maximum absolute atomic E-state index is 12.2. The van der Waals surface area contributed by atoms with Gasteiger partial charge in [-0.25, -0.2) is 0 Å². The van der Waals surface area contributed by atoms with E-state index >= 15 is 0 Å². The Balaban J connectivity index is 2.04. The van der Waals surface area contributed by atoms with Crippen LogP contribution < -0.4 is 5.73 Å². The minimum absolute atomic E-state index is 0.197. The molecule has 0 aliphatic rings. The summed E-state index contributed by atoms with van der Waals surface area (Å²) in [4.78, 5) is 0.835. The van der Waals surface area contributed by atoms with E-state index in [-0.39, 0.29) is 6.04 Å². The summed E-state index contributed by atoms with van der Waals surface area (Å²) in [7, 11) is -1.05. The van der Waals surface area contributed by atoms with Crippen molar-refractivity contribution in [2.24, 2.45) is 5.73 Å². The number of nitrogens with two attached hydrogens (primary N) is 1. The summed E-state index contributed by atoms with van der Waals surface area (Å²) < 4.78 is 12.2. The monoisotopic (exact) mass is 287 g/mol. The molecule has 2 atom stereocenters. The highest BCUT2D eigenvalue weighted by molar-refractivity contribution is 7.85. The Kier molecular flexibility index (Phi) is 5.10. The van der Waals surface area contributed by atoms with Crippen LogP contribution in [-0.4, -0.2) is 9.96 Å². The van der Waals surface area contributed by atoms with Gasteiger partial charge in [-0.1, -0.05) is 56.3 Å². The maximum Gasteiger partial charge on any atom is 0.0548 e. The number of benzene rings is 2. The maximum atomic E-state index is 12.2. The highest BCUT2D eigenvalue weighted by Crippen LogP contribution is 2.19. The summed E-state index contributed by atoms with van der Waals surface area (Å²) >= 11 is 0. The molecule has 0 saturated carbocycles. The Morgan fingerprint density at radius 1 is 0.950 bits per heavy atom. The Hall–Kier alpha value is -1.45. The van der Waals surface area contributed by atoms with Gasteiger partial charge in [0.2, 0.25) is 0 Å². The summed E-state index contributed by atoms with van der Waals surface area (Å²) in [6.45, 7) is 4.33. The van der Waals surface area contributed by atoms with Gasteiger partial charge in [-0.2, -0.15) is 0 Å². The van der Waals surface area contributed by atoms with Gasteiger partial charge in [0.25, 0.3) is 0 Å². The van der Waals surface area contributed by atoms with Crippen molar-refractivity contribution in [1.82, 2.24) is 0 Å². The van der Waals surface area contributed by atoms with Crippen LogP contribution in [0.3, 0.4) is 0 Å². The predicted octanol–water partition coefficient (Wildman–Crippen LogP) is 3.62. The van der Waals surface area contributed by atoms with Crippen molar-refractivity contribution >= 4 is 10.8 Å². The molecule has 0 heterocycles. The second kappa shape index (κ2) is 6.82. The van der Waals surface area contributed by atoms with Crippen molar-refractivity contribution in [2.45, 2.75) is 30.7 Å². The van der Waals surface area contributed by atoms with Crippen LogP contribution in [0.2, 0.25) is 0 Å². The van der Waals surface area contributed by atoms with Crippen molar-refractivity contribution in [3.05, 3.63) is 65.7 Å². The molecule has 2 nitrogen and oxygen atoms in total. The van der Waals surface area contributed by atoms with Gasteiger partial charge in [0.05, 0.1) is 10.8 Å². The van der Waals surface area contributed by atoms with Gasteiger partial charge in [-0.3, -0.25) is 4.21 Å². The van der Waals surface area contributed by atoms with E-state index in [1.165, 1.54) is 5.56 Å². The van der Waals surface area contributed by atoms with Gasteiger partial charge in [-0.15, -0.1) is 0 Å². The molecule has 0 fully saturated rings. The van der Waals surface area contributed by atoms with Crippen molar-refractivity contribution in [2.75, 3.05) is 5.75 Å². The van der Waals surface area contributed by atoms with E-state index in [4.69, 9.17) is 5.73 Å². The average Bonchev–Trinajstić information content (AvgIpc) is 2.48. The zero-order valence-corrected chi connectivity index (χ0v) is 12.8. The number of hydrogen-bond donors (Lipinski definition) is 1. The van der Waals surface area contributed by atoms with E-state index < -0.39 is 10.8 Å². The van der Waals surface area contributed by atoms with Gasteiger partial charge in [-0.05, 0) is 29.2 Å². The lowest BCUT2D eigenvalue weighted by molar-refractivity contribution is 0.675. The fraction of sp³-hybridized carbons (Fsp3) is 0.294. The van der Waals surface area contributed by atoms with E-state index in [9.17, 15) is 4.21 Å². The molecule has 0 radical (unpaired) electrons. The fourth-order valence-electron chi connectivity index (χ4n) is 2.06. The average molecular weight is 287 g/mol. The van der Waals surface area contributed by atoms with Crippen molar-refractivity contribution in [3.8, 4) is 0 Å². The molecule has 3 heteroatoms. The van der Waals surface area contributed by atoms with Crippen LogP contribution in [0.1, 0.15) is 36.9 Å². The molecule has 0 aromatic heterocycles. The quantitative estimate of drug-likeness (QED) is 0.912. The third kappa shape index (κ3) is 3.78. The first-order valence-corrected chi connectivity index (χ1v) is 8.18. The van der Waals surface area contributed by atoms with Gasteiger partial charge >= 0.3 is 0 Å². The number of rotatable bonds is 5. The molecule has 2 N–H and O–H groups in total. The molecule has 0 saturated heterocycles. The first-order valence-electron chi connectivity index (χ1n) is 6.87. The van der Waals surface area contributed by atoms with E-state index in [2.05, 4.69) is 26.0 Å². The second-order valence-electron chi connectivity index (χ2n) is 5.25. The minimum atomic E-state index is -1.05. The Morgan fingerprint density at radius 2 is 1.50 bits per heavy atom. The summed E-state index contributed by atoms with van der Waals surface area (Å²) in [6.07, 6.45) is 0. The minimum Gasteiger partial charge on any atom is -0.323 e. The van der Waals surface area contributed by atoms with E-state index in [0.29, 0.717) is 11.7 Å². The molecule has 0 aliphatic heterocycles. The Labute approximate surface area is 123 Å². The van der Waals surface area contributed by atoms with Crippen LogP contribution in [0, 0.1) is 0 Å². The van der Waals surface area contributed by atoms with Gasteiger partial charge < -0.3 is 5.73 Å². The highest BCUT2D eigenvalue weighted by atomic mass is 32.2. The molecule has 2 unspecified atom stereocenters. The van der Waals surface area contributed by atoms with E-state index in [0.717, 1.165) is 10.5 Å². The van der Waals surface area contributed by atoms with Crippen molar-refractivity contribution < 1.29 is 4.21 Å². The van der Waals surface area contributed by atoms with Gasteiger partial charge in [0.1, 0.15) is 0 Å². The summed E-state index contributed by atoms with van der Waals surface area (Å²) in [5, 5.41) is 0. The molecular weight excluding hydrogens is 266 g/mol. The lowest BCUT2D eigenvalue weighted by atomic mass is 10.00. The third-order valence-corrected chi connectivity index (χ3v) is 4.83. The van der Waals surface area contributed by atoms with Crippen LogP contribution in [0.25, 0.3) is 0 Å². The predicted molar refractivity (Wildman–Crippen MR) is 85.2 cm³/mol. The summed E-state index contributed by atoms with van der Waals surface area (Å²) in [5.74, 6) is 0.962. The van der Waals surface area contributed by atoms with Gasteiger partial charge in [0, 0.05) is 16.7 Å². The van der Waals surface area contributed by atoms with Crippen LogP contribution in [-0.2, 0) is 10.8 Å². The molecule has 0 aliphatic carbocycles. The molecule has 20 heavy (non-hydrogen) atoms. The molecule has 2 rings (SSSR count). The van der Waals surface area contributed by atoms with Crippen LogP contribution >= 0.6 is 0 Å². The van der Waals surface area contributed by atoms with E-state index in [1.54, 1.807) is 0 Å². The smallest absolute Gasteiger partial charge is 0.0548 e. The second-order valence-corrected chi connectivity index (χ2v) is 6.75. The van der Waals surface area contributed by atoms with Gasteiger partial charge in [0.15, 0.2) is 0 Å². The Bertz CT molecular complexity index is 563. The molecule has 2 aromatic carbocycles. The Morgan fingerprint density at radius 3 is 2.05 bits per heavy atom. The fourth-order valence-corrected chi connectivity index (χ4v) is 3.23. The largest absolute Gasteiger partial charge is 0.323 e. The molecule has 2 aromatic rings. The highest BCUT2D eigenvalue weighted by Gasteiger charge is 2.12. The first-order chi connectivity index (χ1) is 9.58. The topological polar surface area (TPSA) is 43.1 Å². The normalized spacial score (nSPS) is 14.2. The lowest BCUT2D eigenvalue weighted by Crippen LogP contribution is -2.18. The molecule has 0 bridgehead atoms. The lowest BCUT2D eigenvalue weighted by Gasteiger charge is -2.13. The van der Waals surface area contributed by atoms with E-state index in [1.807, 2.05) is 42.5 Å². The van der Waals surface area contributed by atoms with Crippen LogP contribution in [0.5, 0.6) is 0 Å². The number of hydrogen-bond acceptors (Lipinski definition) is 2. The summed E-state index contributed by atoms with van der Waals surface area (Å²) in [6, 6.07) is 17.6. The van der Waals surface area contributed by atoms with Crippen molar-refractivity contribution in [3.63, 3.8) is 0 Å². The third-order valence-electron chi connectivity index (χ3n) is 3.37. The first kappa shape index (κ1) is 14.9. The molecular formula is C17H21NOS. The van der Waals surface area contributed by atoms with Crippen LogP contribution in [0.15, 0.2) is 59.5 Å². The molecule has 106 valence electrons. The molecule has 0 amide bonds. The zero-order chi connectivity index (χ0) is 14.5. The summed E-state index contributed by atoms with van der Waals surface area (Å²) in [5.41, 5.74) is 8.50. The molecule has 0 spiro atoms. The zero-order valence-electron chi connectivity index (χ0n) is 12.0. The van der Waals surface area contributed by atoms with Crippen molar-refractivity contribution in [1.29, 1.82) is 0 Å². The SMILES string of the molecule is CC(C)c1ccc(C(N)CS(=O)c2ccccc2)cc1. The standard InChI is InChI=1S/C17H21NOS/c1-13(2)14-8-10-15(11-9-14)17(18)12-20(19)16-6-4-3-5-7-16/h3-11,13,17H,12,18H2,1-2H3.